The first-order valence-electron chi connectivity index (χ1n) is 7.45. The second-order valence-corrected chi connectivity index (χ2v) is 5.79. The van der Waals surface area contributed by atoms with Gasteiger partial charge in [0.1, 0.15) is 4.60 Å². The first kappa shape index (κ1) is 17.0. The van der Waals surface area contributed by atoms with Gasteiger partial charge in [-0.25, -0.2) is 4.98 Å². The first-order chi connectivity index (χ1) is 12.2. The highest BCUT2D eigenvalue weighted by Crippen LogP contribution is 2.13. The number of hydrogen-bond acceptors (Lipinski definition) is 7. The van der Waals surface area contributed by atoms with Crippen LogP contribution in [0.25, 0.3) is 0 Å². The number of nitrogens with zero attached hydrogens (tertiary/aromatic N) is 5. The van der Waals surface area contributed by atoms with Crippen LogP contribution in [0.15, 0.2) is 64.8 Å². The zero-order valence-corrected chi connectivity index (χ0v) is 15.0. The van der Waals surface area contributed by atoms with Crippen LogP contribution in [0.2, 0.25) is 0 Å². The molecule has 3 rings (SSSR count). The Hall–Kier alpha value is -2.87. The van der Waals surface area contributed by atoms with Crippen LogP contribution in [0.3, 0.4) is 0 Å². The number of hydrazone groups is 1. The molecule has 0 fully saturated rings. The van der Waals surface area contributed by atoms with Crippen molar-refractivity contribution >= 4 is 27.5 Å². The molecular weight excluding hydrogens is 384 g/mol. The summed E-state index contributed by atoms with van der Waals surface area (Å²) in [5, 5.41) is 4.50. The Kier molecular flexibility index (Phi) is 5.63. The third-order valence-electron chi connectivity index (χ3n) is 3.26. The van der Waals surface area contributed by atoms with Gasteiger partial charge in [0.15, 0.2) is 5.82 Å². The van der Waals surface area contributed by atoms with Gasteiger partial charge in [0.05, 0.1) is 25.2 Å². The molecule has 0 radical (unpaired) electrons. The molecule has 0 aliphatic carbocycles. The highest BCUT2D eigenvalue weighted by atomic mass is 79.9. The van der Waals surface area contributed by atoms with Gasteiger partial charge in [0.2, 0.25) is 5.88 Å². The minimum Gasteiger partial charge on any atom is -0.480 e. The van der Waals surface area contributed by atoms with E-state index in [2.05, 4.69) is 46.4 Å². The number of hydrogen-bond donors (Lipinski definition) is 1. The first-order valence-corrected chi connectivity index (χ1v) is 8.24. The summed E-state index contributed by atoms with van der Waals surface area (Å²) in [4.78, 5) is 16.8. The number of rotatable bonds is 6. The molecule has 0 saturated heterocycles. The van der Waals surface area contributed by atoms with Gasteiger partial charge in [0, 0.05) is 30.1 Å². The molecule has 0 aliphatic rings. The Morgan fingerprint density at radius 2 is 2.12 bits per heavy atom. The minimum atomic E-state index is 0.415. The summed E-state index contributed by atoms with van der Waals surface area (Å²) in [5.41, 5.74) is 5.56. The fourth-order valence-electron chi connectivity index (χ4n) is 2.09. The van der Waals surface area contributed by atoms with E-state index in [1.54, 1.807) is 18.6 Å². The van der Waals surface area contributed by atoms with Gasteiger partial charge < -0.3 is 4.74 Å². The van der Waals surface area contributed by atoms with Crippen LogP contribution in [0.1, 0.15) is 11.3 Å². The van der Waals surface area contributed by atoms with Gasteiger partial charge in [-0.3, -0.25) is 15.4 Å². The monoisotopic (exact) mass is 398 g/mol. The SMILES string of the molecule is COc1cncc(N/N=C(\Cc2ccccn2)c2ccnc(Br)c2)n1. The Balaban J connectivity index is 1.89. The maximum Gasteiger partial charge on any atom is 0.234 e. The standard InChI is InChI=1S/C17H15BrN6O/c1-25-17-11-19-10-16(22-17)24-23-14(9-13-4-2-3-6-20-13)12-5-7-21-15(18)8-12/h2-8,10-11H,9H2,1H3,(H,22,24)/b23-14+. The van der Waals surface area contributed by atoms with Gasteiger partial charge in [-0.15, -0.1) is 0 Å². The molecule has 25 heavy (non-hydrogen) atoms. The molecule has 0 spiro atoms. The Morgan fingerprint density at radius 3 is 2.88 bits per heavy atom. The van der Waals surface area contributed by atoms with Crippen molar-refractivity contribution in [2.45, 2.75) is 6.42 Å². The van der Waals surface area contributed by atoms with E-state index >= 15 is 0 Å². The highest BCUT2D eigenvalue weighted by Gasteiger charge is 2.08. The van der Waals surface area contributed by atoms with Crippen molar-refractivity contribution in [3.8, 4) is 5.88 Å². The summed E-state index contributed by atoms with van der Waals surface area (Å²) < 4.78 is 5.81. The number of nitrogens with one attached hydrogen (secondary N) is 1. The number of methoxy groups -OCH3 is 1. The molecule has 3 aromatic rings. The summed E-state index contributed by atoms with van der Waals surface area (Å²) in [7, 11) is 1.54. The molecule has 3 aromatic heterocycles. The summed E-state index contributed by atoms with van der Waals surface area (Å²) in [6, 6.07) is 9.58. The summed E-state index contributed by atoms with van der Waals surface area (Å²) in [6.45, 7) is 0. The van der Waals surface area contributed by atoms with E-state index < -0.39 is 0 Å². The molecule has 0 amide bonds. The Bertz CT molecular complexity index is 872. The van der Waals surface area contributed by atoms with Crippen LogP contribution < -0.4 is 10.2 Å². The fraction of sp³-hybridized carbons (Fsp3) is 0.118. The lowest BCUT2D eigenvalue weighted by molar-refractivity contribution is 0.396. The molecule has 0 unspecified atom stereocenters. The number of ether oxygens (including phenoxy) is 1. The topological polar surface area (TPSA) is 85.2 Å². The van der Waals surface area contributed by atoms with E-state index in [1.807, 2.05) is 30.3 Å². The zero-order valence-electron chi connectivity index (χ0n) is 13.4. The van der Waals surface area contributed by atoms with Crippen LogP contribution in [0.4, 0.5) is 5.82 Å². The maximum absolute atomic E-state index is 5.07. The van der Waals surface area contributed by atoms with E-state index in [0.29, 0.717) is 18.1 Å². The summed E-state index contributed by atoms with van der Waals surface area (Å²) in [5.74, 6) is 0.907. The molecule has 7 nitrogen and oxygen atoms in total. The molecular formula is C17H15BrN6O. The van der Waals surface area contributed by atoms with E-state index in [1.165, 1.54) is 13.3 Å². The van der Waals surface area contributed by atoms with Crippen molar-refractivity contribution in [2.75, 3.05) is 12.5 Å². The molecule has 1 N–H and O–H groups in total. The fourth-order valence-corrected chi connectivity index (χ4v) is 2.45. The molecule has 126 valence electrons. The van der Waals surface area contributed by atoms with Crippen LogP contribution in [-0.2, 0) is 6.42 Å². The number of anilines is 1. The quantitative estimate of drug-likeness (QED) is 0.390. The van der Waals surface area contributed by atoms with Gasteiger partial charge in [0.25, 0.3) is 0 Å². The maximum atomic E-state index is 5.07. The predicted molar refractivity (Wildman–Crippen MR) is 98.6 cm³/mol. The Labute approximate surface area is 153 Å². The largest absolute Gasteiger partial charge is 0.480 e. The van der Waals surface area contributed by atoms with E-state index in [4.69, 9.17) is 4.74 Å². The van der Waals surface area contributed by atoms with E-state index in [9.17, 15) is 0 Å². The lowest BCUT2D eigenvalue weighted by Gasteiger charge is -2.08. The lowest BCUT2D eigenvalue weighted by Crippen LogP contribution is -2.10. The average Bonchev–Trinajstić information content (AvgIpc) is 2.66. The second kappa shape index (κ2) is 8.29. The van der Waals surface area contributed by atoms with Gasteiger partial charge in [-0.1, -0.05) is 6.07 Å². The molecule has 0 bridgehead atoms. The van der Waals surface area contributed by atoms with Crippen molar-refractivity contribution < 1.29 is 4.74 Å². The van der Waals surface area contributed by atoms with Crippen LogP contribution >= 0.6 is 15.9 Å². The highest BCUT2D eigenvalue weighted by molar-refractivity contribution is 9.10. The summed E-state index contributed by atoms with van der Waals surface area (Å²) in [6.07, 6.45) is 7.15. The van der Waals surface area contributed by atoms with Crippen LogP contribution in [-0.4, -0.2) is 32.8 Å². The number of pyridine rings is 2. The van der Waals surface area contributed by atoms with Crippen molar-refractivity contribution in [1.29, 1.82) is 0 Å². The number of aromatic nitrogens is 4. The zero-order chi connectivity index (χ0) is 17.5. The predicted octanol–water partition coefficient (Wildman–Crippen LogP) is 3.10. The molecule has 0 saturated carbocycles. The van der Waals surface area contributed by atoms with Crippen LogP contribution in [0.5, 0.6) is 5.88 Å². The third-order valence-corrected chi connectivity index (χ3v) is 3.70. The number of halogens is 1. The minimum absolute atomic E-state index is 0.415. The normalized spacial score (nSPS) is 11.2. The molecule has 0 atom stereocenters. The second-order valence-electron chi connectivity index (χ2n) is 4.98. The smallest absolute Gasteiger partial charge is 0.234 e. The van der Waals surface area contributed by atoms with Crippen molar-refractivity contribution in [3.63, 3.8) is 0 Å². The van der Waals surface area contributed by atoms with Crippen molar-refractivity contribution in [2.24, 2.45) is 5.10 Å². The summed E-state index contributed by atoms with van der Waals surface area (Å²) >= 11 is 3.39. The van der Waals surface area contributed by atoms with Gasteiger partial charge >= 0.3 is 0 Å². The lowest BCUT2D eigenvalue weighted by atomic mass is 10.1. The molecule has 3 heterocycles. The molecule has 0 aliphatic heterocycles. The van der Waals surface area contributed by atoms with Crippen molar-refractivity contribution in [1.82, 2.24) is 19.9 Å². The molecule has 8 heteroatoms. The third kappa shape index (κ3) is 4.80. The van der Waals surface area contributed by atoms with Gasteiger partial charge in [-0.05, 0) is 40.2 Å². The Morgan fingerprint density at radius 1 is 1.20 bits per heavy atom. The molecule has 0 aromatic carbocycles. The average molecular weight is 399 g/mol. The van der Waals surface area contributed by atoms with E-state index in [0.717, 1.165) is 21.6 Å². The van der Waals surface area contributed by atoms with Crippen LogP contribution in [0, 0.1) is 0 Å². The van der Waals surface area contributed by atoms with Crippen molar-refractivity contribution in [3.05, 3.63) is 71.0 Å². The van der Waals surface area contributed by atoms with Gasteiger partial charge in [-0.2, -0.15) is 10.1 Å². The van der Waals surface area contributed by atoms with E-state index in [-0.39, 0.29) is 0 Å².